The van der Waals surface area contributed by atoms with Gasteiger partial charge in [-0.05, 0) is 82.8 Å². The second-order valence-electron chi connectivity index (χ2n) is 13.0. The first-order valence-electron chi connectivity index (χ1n) is 14.9. The van der Waals surface area contributed by atoms with E-state index in [4.69, 9.17) is 27.9 Å². The predicted molar refractivity (Wildman–Crippen MR) is 158 cm³/mol. The second kappa shape index (κ2) is 13.2. The van der Waals surface area contributed by atoms with E-state index in [2.05, 4.69) is 18.9 Å². The Bertz CT molecular complexity index is 1340. The van der Waals surface area contributed by atoms with Gasteiger partial charge in [0.1, 0.15) is 5.82 Å². The number of alkyl halides is 3. The summed E-state index contributed by atoms with van der Waals surface area (Å²) in [5.41, 5.74) is -2.61. The SMILES string of the molecule is CCOC(=O)[C@]1(C)CC[C@@H](n2ncc(C(=O)N(CC(O)c3c(Cl)cc(F)cc3Cl)C3CCC(C)(C)CC3)c2C(F)(F)F)CC1. The zero-order chi connectivity index (χ0) is 32.6. The van der Waals surface area contributed by atoms with E-state index in [-0.39, 0.29) is 46.4 Å². The van der Waals surface area contributed by atoms with Gasteiger partial charge in [-0.15, -0.1) is 0 Å². The Morgan fingerprint density at radius 2 is 1.66 bits per heavy atom. The number of ether oxygens (including phenoxy) is 1. The molecule has 1 amide bonds. The highest BCUT2D eigenvalue weighted by Crippen LogP contribution is 2.45. The van der Waals surface area contributed by atoms with Crippen LogP contribution in [0.2, 0.25) is 10.0 Å². The van der Waals surface area contributed by atoms with Gasteiger partial charge in [-0.2, -0.15) is 18.3 Å². The average Bonchev–Trinajstić information content (AvgIpc) is 3.38. The number of esters is 1. The maximum Gasteiger partial charge on any atom is 0.433 e. The van der Waals surface area contributed by atoms with Crippen molar-refractivity contribution in [2.75, 3.05) is 13.2 Å². The lowest BCUT2D eigenvalue weighted by atomic mass is 9.74. The third-order valence-electron chi connectivity index (χ3n) is 9.22. The van der Waals surface area contributed by atoms with E-state index in [9.17, 15) is 32.3 Å². The zero-order valence-electron chi connectivity index (χ0n) is 25.3. The molecule has 1 aromatic carbocycles. The monoisotopic (exact) mass is 663 g/mol. The smallest absolute Gasteiger partial charge is 0.433 e. The molecule has 7 nitrogen and oxygen atoms in total. The van der Waals surface area contributed by atoms with Crippen LogP contribution in [0.3, 0.4) is 0 Å². The van der Waals surface area contributed by atoms with Crippen molar-refractivity contribution < 1.29 is 37.0 Å². The number of amides is 1. The molecular formula is C31H39Cl2F4N3O4. The van der Waals surface area contributed by atoms with Crippen LogP contribution < -0.4 is 0 Å². The molecule has 0 saturated heterocycles. The molecule has 2 fully saturated rings. The fourth-order valence-corrected chi connectivity index (χ4v) is 7.18. The predicted octanol–water partition coefficient (Wildman–Crippen LogP) is 8.18. The minimum atomic E-state index is -4.91. The van der Waals surface area contributed by atoms with Crippen molar-refractivity contribution in [2.24, 2.45) is 10.8 Å². The van der Waals surface area contributed by atoms with Crippen molar-refractivity contribution in [3.63, 3.8) is 0 Å². The molecule has 1 N–H and O–H groups in total. The molecular weight excluding hydrogens is 625 g/mol. The van der Waals surface area contributed by atoms with Crippen molar-refractivity contribution >= 4 is 35.1 Å². The van der Waals surface area contributed by atoms with E-state index in [1.807, 2.05) is 0 Å². The van der Waals surface area contributed by atoms with Gasteiger partial charge in [0.05, 0.1) is 52.5 Å². The summed E-state index contributed by atoms with van der Waals surface area (Å²) >= 11 is 12.4. The van der Waals surface area contributed by atoms with Gasteiger partial charge in [0.2, 0.25) is 0 Å². The summed E-state index contributed by atoms with van der Waals surface area (Å²) in [5, 5.41) is 14.9. The highest BCUT2D eigenvalue weighted by atomic mass is 35.5. The number of rotatable bonds is 8. The number of carbonyl (C=O) groups excluding carboxylic acids is 2. The average molecular weight is 665 g/mol. The molecule has 0 aliphatic heterocycles. The summed E-state index contributed by atoms with van der Waals surface area (Å²) in [6, 6.07) is 0.809. The molecule has 1 unspecified atom stereocenters. The number of aromatic nitrogens is 2. The number of hydrogen-bond acceptors (Lipinski definition) is 5. The molecule has 0 bridgehead atoms. The molecule has 2 aliphatic carbocycles. The maximum absolute atomic E-state index is 14.7. The lowest BCUT2D eigenvalue weighted by Crippen LogP contribution is -2.46. The molecule has 2 aromatic rings. The van der Waals surface area contributed by atoms with Crippen LogP contribution in [0.15, 0.2) is 18.3 Å². The van der Waals surface area contributed by atoms with Crippen molar-refractivity contribution in [3.8, 4) is 0 Å². The van der Waals surface area contributed by atoms with Gasteiger partial charge in [-0.1, -0.05) is 37.0 Å². The Morgan fingerprint density at radius 1 is 1.09 bits per heavy atom. The first-order chi connectivity index (χ1) is 20.5. The Balaban J connectivity index is 1.67. The van der Waals surface area contributed by atoms with Crippen LogP contribution in [0.4, 0.5) is 17.6 Å². The Kier molecular flexibility index (Phi) is 10.3. The first kappa shape index (κ1) is 34.5. The number of aliphatic hydroxyl groups excluding tert-OH is 1. The van der Waals surface area contributed by atoms with Crippen LogP contribution in [-0.2, 0) is 15.7 Å². The van der Waals surface area contributed by atoms with Crippen LogP contribution in [0.1, 0.15) is 113 Å². The summed E-state index contributed by atoms with van der Waals surface area (Å²) in [7, 11) is 0. The summed E-state index contributed by atoms with van der Waals surface area (Å²) < 4.78 is 63.9. The molecule has 2 aliphatic rings. The van der Waals surface area contributed by atoms with Crippen LogP contribution in [0, 0.1) is 16.6 Å². The minimum absolute atomic E-state index is 0.00550. The van der Waals surface area contributed by atoms with E-state index < -0.39 is 59.3 Å². The number of nitrogens with zero attached hydrogens (tertiary/aromatic N) is 3. The molecule has 0 spiro atoms. The van der Waals surface area contributed by atoms with Gasteiger partial charge in [-0.25, -0.2) is 4.39 Å². The second-order valence-corrected chi connectivity index (χ2v) is 13.8. The van der Waals surface area contributed by atoms with Crippen molar-refractivity contribution in [3.05, 3.63) is 51.0 Å². The number of halogens is 6. The summed E-state index contributed by atoms with van der Waals surface area (Å²) in [6.45, 7) is 7.43. The van der Waals surface area contributed by atoms with Gasteiger partial charge in [0.25, 0.3) is 5.91 Å². The highest BCUT2D eigenvalue weighted by molar-refractivity contribution is 6.36. The van der Waals surface area contributed by atoms with Crippen LogP contribution in [0.25, 0.3) is 0 Å². The van der Waals surface area contributed by atoms with E-state index in [0.29, 0.717) is 25.7 Å². The number of hydrogen-bond donors (Lipinski definition) is 1. The topological polar surface area (TPSA) is 84.7 Å². The molecule has 1 heterocycles. The zero-order valence-corrected chi connectivity index (χ0v) is 26.8. The van der Waals surface area contributed by atoms with Gasteiger partial charge in [0.15, 0.2) is 5.69 Å². The van der Waals surface area contributed by atoms with Gasteiger partial charge < -0.3 is 14.7 Å². The van der Waals surface area contributed by atoms with Crippen molar-refractivity contribution in [1.29, 1.82) is 0 Å². The van der Waals surface area contributed by atoms with Crippen molar-refractivity contribution in [1.82, 2.24) is 14.7 Å². The number of benzene rings is 1. The minimum Gasteiger partial charge on any atom is -0.466 e. The fourth-order valence-electron chi connectivity index (χ4n) is 6.47. The van der Waals surface area contributed by atoms with Gasteiger partial charge in [0, 0.05) is 11.6 Å². The first-order valence-corrected chi connectivity index (χ1v) is 15.7. The van der Waals surface area contributed by atoms with Gasteiger partial charge >= 0.3 is 12.1 Å². The third-order valence-corrected chi connectivity index (χ3v) is 9.85. The standard InChI is InChI=1S/C31H39Cl2F4N3O4/c1-5-44-28(43)30(4)12-8-20(9-13-30)40-26(31(35,36)37)21(16-38-40)27(42)39(19-6-10-29(2,3)11-7-19)17-24(41)25-22(32)14-18(34)15-23(25)33/h14-16,19-20,24,41H,5-13,17H2,1-4H3/t20-,24?,30-. The van der Waals surface area contributed by atoms with Crippen LogP contribution >= 0.6 is 23.2 Å². The van der Waals surface area contributed by atoms with Crippen molar-refractivity contribution in [2.45, 2.75) is 103 Å². The largest absolute Gasteiger partial charge is 0.466 e. The molecule has 1 aromatic heterocycles. The number of carbonyl (C=O) groups is 2. The van der Waals surface area contributed by atoms with E-state index >= 15 is 0 Å². The summed E-state index contributed by atoms with van der Waals surface area (Å²) in [5.74, 6) is -2.02. The summed E-state index contributed by atoms with van der Waals surface area (Å²) in [6.07, 6.45) is -1.87. The Morgan fingerprint density at radius 3 is 2.18 bits per heavy atom. The van der Waals surface area contributed by atoms with E-state index in [1.54, 1.807) is 13.8 Å². The Hall–Kier alpha value is -2.37. The molecule has 2 saturated carbocycles. The highest BCUT2D eigenvalue weighted by Gasteiger charge is 2.46. The third kappa shape index (κ3) is 7.36. The lowest BCUT2D eigenvalue weighted by molar-refractivity contribution is -0.157. The quantitative estimate of drug-likeness (QED) is 0.227. The normalized spacial score (nSPS) is 23.3. The molecule has 1 atom stereocenters. The summed E-state index contributed by atoms with van der Waals surface area (Å²) in [4.78, 5) is 27.8. The molecule has 13 heteroatoms. The number of aliphatic hydroxyl groups is 1. The molecule has 0 radical (unpaired) electrons. The lowest BCUT2D eigenvalue weighted by Gasteiger charge is -2.41. The Labute approximate surface area is 264 Å². The van der Waals surface area contributed by atoms with Crippen LogP contribution in [0.5, 0.6) is 0 Å². The van der Waals surface area contributed by atoms with E-state index in [0.717, 1.165) is 35.9 Å². The maximum atomic E-state index is 14.7. The fraction of sp³-hybridized carbons (Fsp3) is 0.645. The molecule has 244 valence electrons. The van der Waals surface area contributed by atoms with E-state index in [1.165, 1.54) is 4.90 Å². The van der Waals surface area contributed by atoms with Gasteiger partial charge in [-0.3, -0.25) is 14.3 Å². The molecule has 44 heavy (non-hydrogen) atoms. The molecule has 4 rings (SSSR count). The van der Waals surface area contributed by atoms with Crippen LogP contribution in [-0.4, -0.2) is 50.9 Å².